The maximum atomic E-state index is 13.5. The Hall–Kier alpha value is -3.90. The molecule has 1 aliphatic heterocycles. The fourth-order valence-corrected chi connectivity index (χ4v) is 5.08. The SMILES string of the molecule is Cc1cc(N2CCCC2)c(C)cc1C=Nn1c(-c2cc3cc(Cl)ccc3o2)nc2ccccc2c1=O. The molecule has 3 aromatic carbocycles. The minimum absolute atomic E-state index is 0.256. The molecule has 0 saturated carbocycles. The van der Waals surface area contributed by atoms with Gasteiger partial charge in [-0.3, -0.25) is 4.79 Å². The Morgan fingerprint density at radius 3 is 2.64 bits per heavy atom. The summed E-state index contributed by atoms with van der Waals surface area (Å²) in [5.74, 6) is 0.787. The normalized spacial score (nSPS) is 14.0. The Bertz CT molecular complexity index is 1710. The Kier molecular flexibility index (Phi) is 5.61. The molecule has 1 aliphatic rings. The fourth-order valence-electron chi connectivity index (χ4n) is 4.90. The Morgan fingerprint density at radius 2 is 1.81 bits per heavy atom. The zero-order valence-electron chi connectivity index (χ0n) is 20.2. The highest BCUT2D eigenvalue weighted by Gasteiger charge is 2.18. The van der Waals surface area contributed by atoms with Gasteiger partial charge < -0.3 is 9.32 Å². The molecule has 0 radical (unpaired) electrons. The topological polar surface area (TPSA) is 63.6 Å². The van der Waals surface area contributed by atoms with Gasteiger partial charge in [0.25, 0.3) is 5.56 Å². The van der Waals surface area contributed by atoms with Crippen LogP contribution in [0.25, 0.3) is 33.5 Å². The molecule has 0 bridgehead atoms. The number of para-hydroxylation sites is 1. The maximum absolute atomic E-state index is 13.5. The van der Waals surface area contributed by atoms with E-state index in [2.05, 4.69) is 36.0 Å². The van der Waals surface area contributed by atoms with Crippen molar-refractivity contribution in [2.75, 3.05) is 18.0 Å². The van der Waals surface area contributed by atoms with Crippen molar-refractivity contribution >= 4 is 45.4 Å². The summed E-state index contributed by atoms with van der Waals surface area (Å²) < 4.78 is 7.39. The molecule has 1 fully saturated rings. The summed E-state index contributed by atoms with van der Waals surface area (Å²) in [7, 11) is 0. The first-order valence-corrected chi connectivity index (χ1v) is 12.5. The number of furan rings is 1. The molecule has 36 heavy (non-hydrogen) atoms. The van der Waals surface area contributed by atoms with E-state index in [4.69, 9.17) is 21.0 Å². The van der Waals surface area contributed by atoms with Gasteiger partial charge in [0, 0.05) is 29.2 Å². The van der Waals surface area contributed by atoms with Gasteiger partial charge in [-0.2, -0.15) is 9.78 Å². The van der Waals surface area contributed by atoms with Crippen molar-refractivity contribution in [3.05, 3.63) is 92.7 Å². The van der Waals surface area contributed by atoms with Gasteiger partial charge in [0.15, 0.2) is 5.76 Å². The molecule has 0 aliphatic carbocycles. The molecule has 0 N–H and O–H groups in total. The first-order valence-electron chi connectivity index (χ1n) is 12.1. The monoisotopic (exact) mass is 496 g/mol. The molecule has 180 valence electrons. The molecule has 0 spiro atoms. The summed E-state index contributed by atoms with van der Waals surface area (Å²) in [6, 6.07) is 18.9. The van der Waals surface area contributed by atoms with E-state index in [-0.39, 0.29) is 5.56 Å². The lowest BCUT2D eigenvalue weighted by Crippen LogP contribution is -2.20. The van der Waals surface area contributed by atoms with E-state index < -0.39 is 0 Å². The predicted octanol–water partition coefficient (Wildman–Crippen LogP) is 6.56. The zero-order valence-corrected chi connectivity index (χ0v) is 20.9. The Morgan fingerprint density at radius 1 is 1.00 bits per heavy atom. The van der Waals surface area contributed by atoms with Crippen LogP contribution in [0, 0.1) is 13.8 Å². The van der Waals surface area contributed by atoms with Crippen molar-refractivity contribution in [2.45, 2.75) is 26.7 Å². The number of aryl methyl sites for hydroxylation is 2. The van der Waals surface area contributed by atoms with Crippen LogP contribution in [0.5, 0.6) is 0 Å². The van der Waals surface area contributed by atoms with E-state index in [0.717, 1.165) is 29.6 Å². The van der Waals surface area contributed by atoms with Crippen LogP contribution in [0.1, 0.15) is 29.5 Å². The number of nitrogens with zero attached hydrogens (tertiary/aromatic N) is 4. The number of aromatic nitrogens is 2. The van der Waals surface area contributed by atoms with Crippen LogP contribution in [0.15, 0.2) is 75.0 Å². The van der Waals surface area contributed by atoms with Crippen LogP contribution in [0.3, 0.4) is 0 Å². The number of hydrogen-bond acceptors (Lipinski definition) is 5. The van der Waals surface area contributed by atoms with Gasteiger partial charge in [0.2, 0.25) is 5.82 Å². The molecule has 7 heteroatoms. The van der Waals surface area contributed by atoms with Crippen molar-refractivity contribution in [3.63, 3.8) is 0 Å². The summed E-state index contributed by atoms with van der Waals surface area (Å²) in [4.78, 5) is 20.7. The number of anilines is 1. The second-order valence-electron chi connectivity index (χ2n) is 9.30. The molecule has 1 saturated heterocycles. The third-order valence-electron chi connectivity index (χ3n) is 6.80. The summed E-state index contributed by atoms with van der Waals surface area (Å²) in [5, 5.41) is 6.58. The van der Waals surface area contributed by atoms with E-state index in [9.17, 15) is 4.79 Å². The molecule has 5 aromatic rings. The summed E-state index contributed by atoms with van der Waals surface area (Å²) >= 11 is 6.17. The fraction of sp³-hybridized carbons (Fsp3) is 0.207. The number of halogens is 1. The van der Waals surface area contributed by atoms with Gasteiger partial charge in [-0.15, -0.1) is 0 Å². The number of rotatable bonds is 4. The zero-order chi connectivity index (χ0) is 24.8. The molecule has 6 rings (SSSR count). The lowest BCUT2D eigenvalue weighted by Gasteiger charge is -2.21. The van der Waals surface area contributed by atoms with E-state index in [0.29, 0.717) is 33.1 Å². The highest BCUT2D eigenvalue weighted by molar-refractivity contribution is 6.31. The largest absolute Gasteiger partial charge is 0.453 e. The van der Waals surface area contributed by atoms with E-state index >= 15 is 0 Å². The average molecular weight is 497 g/mol. The summed E-state index contributed by atoms with van der Waals surface area (Å²) in [5.41, 5.74) is 5.52. The highest BCUT2D eigenvalue weighted by Crippen LogP contribution is 2.30. The van der Waals surface area contributed by atoms with Crippen LogP contribution >= 0.6 is 11.6 Å². The van der Waals surface area contributed by atoms with Crippen molar-refractivity contribution in [1.29, 1.82) is 0 Å². The van der Waals surface area contributed by atoms with E-state index in [1.807, 2.05) is 36.4 Å². The van der Waals surface area contributed by atoms with Gasteiger partial charge in [-0.1, -0.05) is 23.7 Å². The molecule has 6 nitrogen and oxygen atoms in total. The van der Waals surface area contributed by atoms with Crippen molar-refractivity contribution < 1.29 is 4.42 Å². The Balaban J connectivity index is 1.49. The van der Waals surface area contributed by atoms with Crippen molar-refractivity contribution in [1.82, 2.24) is 9.66 Å². The third-order valence-corrected chi connectivity index (χ3v) is 7.03. The lowest BCUT2D eigenvalue weighted by molar-refractivity contribution is 0.616. The lowest BCUT2D eigenvalue weighted by atomic mass is 10.0. The van der Waals surface area contributed by atoms with E-state index in [1.54, 1.807) is 18.3 Å². The minimum Gasteiger partial charge on any atom is -0.453 e. The maximum Gasteiger partial charge on any atom is 0.282 e. The van der Waals surface area contributed by atoms with Crippen LogP contribution in [0.2, 0.25) is 5.02 Å². The third kappa shape index (κ3) is 3.97. The number of benzene rings is 3. The molecular weight excluding hydrogens is 472 g/mol. The summed E-state index contributed by atoms with van der Waals surface area (Å²) in [6.45, 7) is 6.39. The highest BCUT2D eigenvalue weighted by atomic mass is 35.5. The van der Waals surface area contributed by atoms with Crippen LogP contribution in [-0.2, 0) is 0 Å². The van der Waals surface area contributed by atoms with Gasteiger partial charge >= 0.3 is 0 Å². The van der Waals surface area contributed by atoms with Gasteiger partial charge in [0.1, 0.15) is 5.58 Å². The molecular formula is C29H25ClN4O2. The first-order chi connectivity index (χ1) is 17.5. The van der Waals surface area contributed by atoms with Crippen LogP contribution in [-0.4, -0.2) is 29.0 Å². The van der Waals surface area contributed by atoms with Crippen molar-refractivity contribution in [2.24, 2.45) is 5.10 Å². The first kappa shape index (κ1) is 22.6. The second kappa shape index (κ2) is 8.95. The smallest absolute Gasteiger partial charge is 0.282 e. The second-order valence-corrected chi connectivity index (χ2v) is 9.73. The molecule has 2 aromatic heterocycles. The van der Waals surface area contributed by atoms with E-state index in [1.165, 1.54) is 28.8 Å². The van der Waals surface area contributed by atoms with Gasteiger partial charge in [-0.25, -0.2) is 4.98 Å². The molecule has 0 unspecified atom stereocenters. The predicted molar refractivity (Wildman–Crippen MR) is 147 cm³/mol. The van der Waals surface area contributed by atoms with Crippen LogP contribution in [0.4, 0.5) is 5.69 Å². The Labute approximate surface area is 213 Å². The molecule has 0 amide bonds. The van der Waals surface area contributed by atoms with Gasteiger partial charge in [0.05, 0.1) is 17.1 Å². The van der Waals surface area contributed by atoms with Gasteiger partial charge in [-0.05, 0) is 91.9 Å². The minimum atomic E-state index is -0.256. The number of fused-ring (bicyclic) bond motifs is 2. The average Bonchev–Trinajstić information content (AvgIpc) is 3.55. The molecule has 0 atom stereocenters. The summed E-state index contributed by atoms with van der Waals surface area (Å²) in [6.07, 6.45) is 4.20. The van der Waals surface area contributed by atoms with Crippen molar-refractivity contribution in [3.8, 4) is 11.6 Å². The standard InChI is InChI=1S/C29H25ClN4O2/c1-18-14-25(33-11-5-6-12-33)19(2)13-21(18)17-31-34-28(32-24-8-4-3-7-23(24)29(34)35)27-16-20-15-22(30)9-10-26(20)36-27/h3-4,7-10,13-17H,5-6,11-12H2,1-2H3. The molecule has 3 heterocycles. The van der Waals surface area contributed by atoms with Crippen LogP contribution < -0.4 is 10.5 Å². The number of hydrogen-bond donors (Lipinski definition) is 0. The quantitative estimate of drug-likeness (QED) is 0.264.